The number of hydrogen-bond acceptors (Lipinski definition) is 4. The summed E-state index contributed by atoms with van der Waals surface area (Å²) in [5, 5.41) is 0. The van der Waals surface area contributed by atoms with Gasteiger partial charge in [0.2, 0.25) is 0 Å². The van der Waals surface area contributed by atoms with Crippen LogP contribution in [0.5, 0.6) is 0 Å². The minimum Gasteiger partial charge on any atom is -0.870 e. The van der Waals surface area contributed by atoms with Crippen LogP contribution < -0.4 is 10.2 Å². The Hall–Kier alpha value is -1.09. The molecule has 0 radical (unpaired) electrons. The van der Waals surface area contributed by atoms with Crippen molar-refractivity contribution < 1.29 is 23.9 Å². The molecule has 0 aliphatic rings. The van der Waals surface area contributed by atoms with Gasteiger partial charge in [-0.2, -0.15) is 0 Å². The molecule has 0 saturated carbocycles. The Morgan fingerprint density at radius 2 is 1.57 bits per heavy atom. The summed E-state index contributed by atoms with van der Waals surface area (Å²) in [6.45, 7) is 0. The van der Waals surface area contributed by atoms with Crippen molar-refractivity contribution >= 4 is 29.3 Å². The number of benzene rings is 1. The summed E-state index contributed by atoms with van der Waals surface area (Å²) in [6, 6.07) is 5.94. The summed E-state index contributed by atoms with van der Waals surface area (Å²) in [4.78, 5) is 0. The number of nitrogens with one attached hydrogen (secondary N) is 1. The van der Waals surface area contributed by atoms with E-state index in [1.807, 2.05) is 4.72 Å². The van der Waals surface area contributed by atoms with Crippen molar-refractivity contribution in [1.82, 2.24) is 0 Å². The predicted molar refractivity (Wildman–Crippen MR) is 50.9 cm³/mol. The van der Waals surface area contributed by atoms with E-state index in [9.17, 15) is 8.42 Å². The van der Waals surface area contributed by atoms with E-state index in [1.54, 1.807) is 0 Å². The van der Waals surface area contributed by atoms with Crippen LogP contribution in [0, 0.1) is 0 Å². The smallest absolute Gasteiger partial charge is 0.870 e. The van der Waals surface area contributed by atoms with Crippen LogP contribution >= 0.6 is 0 Å². The van der Waals surface area contributed by atoms with Crippen molar-refractivity contribution in [1.29, 1.82) is 0 Å². The van der Waals surface area contributed by atoms with Gasteiger partial charge >= 0.3 is 71.3 Å². The van der Waals surface area contributed by atoms with Crippen LogP contribution in [-0.4, -0.2) is 31.8 Å². The second-order valence-corrected chi connectivity index (χ2v) is 3.35. The second kappa shape index (κ2) is 5.60. The van der Waals surface area contributed by atoms with Gasteiger partial charge in [0.15, 0.2) is 0 Å². The monoisotopic (exact) mass is 217 g/mol. The molecular formula is C6H8BNO5S. The molecule has 0 aromatic heterocycles. The topological polar surface area (TPSA) is 126 Å². The molecular weight excluding hydrogens is 209 g/mol. The van der Waals surface area contributed by atoms with Gasteiger partial charge in [0.1, 0.15) is 0 Å². The van der Waals surface area contributed by atoms with E-state index >= 15 is 0 Å². The fraction of sp³-hybridized carbons (Fsp3) is 0. The Morgan fingerprint density at radius 3 is 1.93 bits per heavy atom. The quantitative estimate of drug-likeness (QED) is 0.502. The average Bonchev–Trinajstić information content (AvgIpc) is 1.91. The molecule has 0 amide bonds. The van der Waals surface area contributed by atoms with E-state index in [4.69, 9.17) is 12.4 Å². The SMILES string of the molecule is [B+2]c1ccc(NS(=O)(=O)O)cc1.[OH-].[OH-]. The van der Waals surface area contributed by atoms with Crippen molar-refractivity contribution in [2.45, 2.75) is 0 Å². The van der Waals surface area contributed by atoms with E-state index in [-0.39, 0.29) is 16.6 Å². The molecule has 76 valence electrons. The largest absolute Gasteiger partial charge is 0.870 e. The van der Waals surface area contributed by atoms with Crippen LogP contribution in [0.2, 0.25) is 0 Å². The van der Waals surface area contributed by atoms with Crippen molar-refractivity contribution in [3.63, 3.8) is 0 Å². The maximum atomic E-state index is 10.3. The van der Waals surface area contributed by atoms with Crippen molar-refractivity contribution in [3.05, 3.63) is 24.3 Å². The third-order valence-corrected chi connectivity index (χ3v) is 1.65. The van der Waals surface area contributed by atoms with Gasteiger partial charge in [0.25, 0.3) is 0 Å². The maximum Gasteiger partial charge on any atom is -0.870 e. The van der Waals surface area contributed by atoms with Crippen LogP contribution in [0.3, 0.4) is 0 Å². The molecule has 4 N–H and O–H groups in total. The standard InChI is InChI=1S/C6H6BNO3S.2H2O/c7-5-1-3-6(4-2-5)8-12(9,10)11;;/h1-4,8H,(H,9,10,11);2*1H2/q+2;;/p-2. The molecule has 0 saturated heterocycles. The summed E-state index contributed by atoms with van der Waals surface area (Å²) < 4.78 is 30.8. The molecule has 8 heteroatoms. The van der Waals surface area contributed by atoms with Gasteiger partial charge in [0, 0.05) is 0 Å². The van der Waals surface area contributed by atoms with Crippen molar-refractivity contribution in [2.75, 3.05) is 4.72 Å². The van der Waals surface area contributed by atoms with Crippen molar-refractivity contribution in [2.24, 2.45) is 0 Å². The Balaban J connectivity index is 0. The van der Waals surface area contributed by atoms with Gasteiger partial charge in [-0.3, -0.25) is 0 Å². The molecule has 1 rings (SSSR count). The third kappa shape index (κ3) is 5.54. The zero-order valence-corrected chi connectivity index (χ0v) is 7.77. The summed E-state index contributed by atoms with van der Waals surface area (Å²) in [5.41, 5.74) is 0.794. The first-order chi connectivity index (χ1) is 5.47. The van der Waals surface area contributed by atoms with Gasteiger partial charge < -0.3 is 11.0 Å². The van der Waals surface area contributed by atoms with E-state index in [0.717, 1.165) is 0 Å². The third-order valence-electron chi connectivity index (χ3n) is 1.16. The molecule has 0 aliphatic carbocycles. The molecule has 0 unspecified atom stereocenters. The van der Waals surface area contributed by atoms with Crippen LogP contribution in [0.15, 0.2) is 24.3 Å². The average molecular weight is 217 g/mol. The maximum absolute atomic E-state index is 10.3. The van der Waals surface area contributed by atoms with Crippen molar-refractivity contribution in [3.8, 4) is 0 Å². The summed E-state index contributed by atoms with van der Waals surface area (Å²) >= 11 is 0. The molecule has 6 nitrogen and oxygen atoms in total. The second-order valence-electron chi connectivity index (χ2n) is 2.20. The van der Waals surface area contributed by atoms with Gasteiger partial charge in [-0.15, -0.1) is 0 Å². The van der Waals surface area contributed by atoms with Gasteiger partial charge in [-0.25, -0.2) is 0 Å². The van der Waals surface area contributed by atoms with Crippen LogP contribution in [0.1, 0.15) is 0 Å². The summed E-state index contributed by atoms with van der Waals surface area (Å²) in [6.07, 6.45) is 0. The minimum atomic E-state index is -4.18. The minimum absolute atomic E-state index is 0. The van der Waals surface area contributed by atoms with Gasteiger partial charge in [-0.05, 0) is 0 Å². The van der Waals surface area contributed by atoms with Crippen LogP contribution in [0.25, 0.3) is 0 Å². The number of anilines is 1. The molecule has 1 aromatic rings. The molecule has 0 aliphatic heterocycles. The van der Waals surface area contributed by atoms with Crippen LogP contribution in [0.4, 0.5) is 5.69 Å². The molecule has 0 fully saturated rings. The Morgan fingerprint density at radius 1 is 1.14 bits per heavy atom. The molecule has 14 heavy (non-hydrogen) atoms. The van der Waals surface area contributed by atoms with Gasteiger partial charge in [0.05, 0.1) is 0 Å². The molecule has 1 aromatic carbocycles. The molecule has 0 heterocycles. The number of hydrogen-bond donors (Lipinski definition) is 2. The molecule has 0 bridgehead atoms. The first-order valence-electron chi connectivity index (χ1n) is 3.08. The molecule has 0 atom stereocenters. The zero-order valence-electron chi connectivity index (χ0n) is 6.95. The molecule has 0 spiro atoms. The fourth-order valence-corrected chi connectivity index (χ4v) is 1.13. The first-order valence-corrected chi connectivity index (χ1v) is 4.52. The van der Waals surface area contributed by atoms with E-state index in [1.165, 1.54) is 24.3 Å². The van der Waals surface area contributed by atoms with E-state index in [2.05, 4.69) is 0 Å². The normalized spacial score (nSPS) is 9.64. The number of rotatable bonds is 2. The first kappa shape index (κ1) is 15.4. The fourth-order valence-electron chi connectivity index (χ4n) is 0.700. The van der Waals surface area contributed by atoms with E-state index < -0.39 is 10.3 Å². The van der Waals surface area contributed by atoms with Crippen LogP contribution in [-0.2, 0) is 10.3 Å². The van der Waals surface area contributed by atoms with Gasteiger partial charge in [-0.1, -0.05) is 0 Å². The summed E-state index contributed by atoms with van der Waals surface area (Å²) in [5.74, 6) is 0. The summed E-state index contributed by atoms with van der Waals surface area (Å²) in [7, 11) is 1.17. The predicted octanol–water partition coefficient (Wildman–Crippen LogP) is -0.658. The zero-order chi connectivity index (χ0) is 9.19. The Labute approximate surface area is 82.9 Å². The van der Waals surface area contributed by atoms with E-state index in [0.29, 0.717) is 5.46 Å². The Bertz CT molecular complexity index is 362. The Kier molecular flexibility index (Phi) is 6.16.